The van der Waals surface area contributed by atoms with E-state index in [1.54, 1.807) is 48.8 Å². The normalized spacial score (nSPS) is 10.2. The zero-order valence-electron chi connectivity index (χ0n) is 13.6. The van der Waals surface area contributed by atoms with Gasteiger partial charge in [0.15, 0.2) is 5.78 Å². The van der Waals surface area contributed by atoms with Gasteiger partial charge in [-0.1, -0.05) is 56.2 Å². The second kappa shape index (κ2) is 8.77. The standard InChI is InChI=1S/C20H19O4/c1-2-3-4-13-19(22)24-18-12-8-7-11-17(18)20(23)16-10-6-5-9-15(16)14-21/h5-12H,2-4,13H2,1H3. The van der Waals surface area contributed by atoms with Crippen LogP contribution in [0.4, 0.5) is 0 Å². The van der Waals surface area contributed by atoms with Gasteiger partial charge in [0, 0.05) is 17.5 Å². The molecule has 4 heteroatoms. The predicted octanol–water partition coefficient (Wildman–Crippen LogP) is 3.86. The van der Waals surface area contributed by atoms with E-state index in [-0.39, 0.29) is 34.2 Å². The molecule has 2 aromatic carbocycles. The van der Waals surface area contributed by atoms with Gasteiger partial charge in [0.1, 0.15) is 5.75 Å². The van der Waals surface area contributed by atoms with Crippen LogP contribution in [0.25, 0.3) is 0 Å². The van der Waals surface area contributed by atoms with Crippen LogP contribution in [0, 0.1) is 0 Å². The Morgan fingerprint density at radius 2 is 1.62 bits per heavy atom. The molecule has 0 aliphatic rings. The Bertz CT molecular complexity index is 734. The largest absolute Gasteiger partial charge is 0.426 e. The molecule has 4 nitrogen and oxygen atoms in total. The molecule has 2 aromatic rings. The Balaban J connectivity index is 2.23. The van der Waals surface area contributed by atoms with E-state index in [1.165, 1.54) is 6.07 Å². The van der Waals surface area contributed by atoms with Gasteiger partial charge in [0.05, 0.1) is 5.56 Å². The van der Waals surface area contributed by atoms with Gasteiger partial charge in [-0.15, -0.1) is 0 Å². The molecule has 0 saturated heterocycles. The van der Waals surface area contributed by atoms with E-state index in [0.717, 1.165) is 19.3 Å². The molecule has 0 bridgehead atoms. The topological polar surface area (TPSA) is 60.4 Å². The maximum Gasteiger partial charge on any atom is 0.311 e. The van der Waals surface area contributed by atoms with E-state index in [0.29, 0.717) is 6.42 Å². The fourth-order valence-corrected chi connectivity index (χ4v) is 2.35. The monoisotopic (exact) mass is 323 g/mol. The maximum atomic E-state index is 12.7. The zero-order chi connectivity index (χ0) is 17.4. The minimum absolute atomic E-state index is 0.187. The van der Waals surface area contributed by atoms with Gasteiger partial charge in [0.25, 0.3) is 0 Å². The first-order chi connectivity index (χ1) is 11.7. The van der Waals surface area contributed by atoms with E-state index in [4.69, 9.17) is 4.74 Å². The molecule has 0 N–H and O–H groups in total. The molecule has 0 fully saturated rings. The van der Waals surface area contributed by atoms with Crippen LogP contribution in [0.3, 0.4) is 0 Å². The number of rotatable bonds is 8. The SMILES string of the molecule is CCCCCC(=O)Oc1ccccc1C(=O)c1ccccc1[C]=O. The zero-order valence-corrected chi connectivity index (χ0v) is 13.6. The molecule has 0 aliphatic heterocycles. The number of hydrogen-bond donors (Lipinski definition) is 0. The number of para-hydroxylation sites is 1. The summed E-state index contributed by atoms with van der Waals surface area (Å²) in [5.74, 6) is -0.519. The quantitative estimate of drug-likeness (QED) is 0.320. The molecule has 123 valence electrons. The third kappa shape index (κ3) is 4.38. The number of hydrogen-bond acceptors (Lipinski definition) is 4. The summed E-state index contributed by atoms with van der Waals surface area (Å²) in [5.41, 5.74) is 0.678. The second-order valence-electron chi connectivity index (χ2n) is 5.40. The molecule has 0 heterocycles. The van der Waals surface area contributed by atoms with Gasteiger partial charge in [-0.05, 0) is 18.6 Å². The van der Waals surface area contributed by atoms with Crippen LogP contribution in [0.5, 0.6) is 5.75 Å². The van der Waals surface area contributed by atoms with Crippen molar-refractivity contribution < 1.29 is 19.1 Å². The summed E-state index contributed by atoms with van der Waals surface area (Å²) in [6.07, 6.45) is 4.81. The Hall–Kier alpha value is -2.75. The van der Waals surface area contributed by atoms with Gasteiger partial charge in [0.2, 0.25) is 6.29 Å². The van der Waals surface area contributed by atoms with Crippen LogP contribution >= 0.6 is 0 Å². The lowest BCUT2D eigenvalue weighted by Crippen LogP contribution is -2.12. The minimum atomic E-state index is -0.370. The molecule has 0 aromatic heterocycles. The highest BCUT2D eigenvalue weighted by Gasteiger charge is 2.19. The number of esters is 1. The molecule has 2 rings (SSSR count). The summed E-state index contributed by atoms with van der Waals surface area (Å²) in [6.45, 7) is 2.06. The van der Waals surface area contributed by atoms with Crippen molar-refractivity contribution in [2.24, 2.45) is 0 Å². The Kier molecular flexibility index (Phi) is 6.43. The smallest absolute Gasteiger partial charge is 0.311 e. The van der Waals surface area contributed by atoms with Crippen molar-refractivity contribution in [1.82, 2.24) is 0 Å². The van der Waals surface area contributed by atoms with E-state index in [1.807, 2.05) is 0 Å². The van der Waals surface area contributed by atoms with Gasteiger partial charge >= 0.3 is 5.97 Å². The van der Waals surface area contributed by atoms with Crippen molar-refractivity contribution in [3.05, 3.63) is 65.2 Å². The third-order valence-electron chi connectivity index (χ3n) is 3.62. The summed E-state index contributed by atoms with van der Waals surface area (Å²) in [5, 5.41) is 0. The van der Waals surface area contributed by atoms with Crippen LogP contribution in [-0.4, -0.2) is 18.0 Å². The highest BCUT2D eigenvalue weighted by atomic mass is 16.5. The third-order valence-corrected chi connectivity index (χ3v) is 3.62. The molecular weight excluding hydrogens is 304 g/mol. The predicted molar refractivity (Wildman–Crippen MR) is 90.9 cm³/mol. The van der Waals surface area contributed by atoms with Crippen molar-refractivity contribution in [2.45, 2.75) is 32.6 Å². The lowest BCUT2D eigenvalue weighted by atomic mass is 9.98. The molecule has 0 spiro atoms. The number of carbonyl (C=O) groups excluding carboxylic acids is 3. The molecule has 1 radical (unpaired) electrons. The Labute approximate surface area is 141 Å². The fraction of sp³-hybridized carbons (Fsp3) is 0.250. The molecule has 0 saturated carbocycles. The minimum Gasteiger partial charge on any atom is -0.426 e. The molecule has 0 unspecified atom stereocenters. The van der Waals surface area contributed by atoms with Crippen molar-refractivity contribution in [3.8, 4) is 5.75 Å². The van der Waals surface area contributed by atoms with Gasteiger partial charge in [-0.25, -0.2) is 0 Å². The summed E-state index contributed by atoms with van der Waals surface area (Å²) in [7, 11) is 0. The maximum absolute atomic E-state index is 12.7. The summed E-state index contributed by atoms with van der Waals surface area (Å²) >= 11 is 0. The molecule has 0 amide bonds. The second-order valence-corrected chi connectivity index (χ2v) is 5.40. The number of unbranched alkanes of at least 4 members (excludes halogenated alkanes) is 2. The number of benzene rings is 2. The van der Waals surface area contributed by atoms with Crippen LogP contribution in [0.15, 0.2) is 48.5 Å². The van der Waals surface area contributed by atoms with E-state index >= 15 is 0 Å². The summed E-state index contributed by atoms with van der Waals surface area (Å²) in [6, 6.07) is 13.0. The molecule has 0 atom stereocenters. The van der Waals surface area contributed by atoms with Crippen molar-refractivity contribution >= 4 is 18.0 Å². The number of ether oxygens (including phenoxy) is 1. The lowest BCUT2D eigenvalue weighted by Gasteiger charge is -2.10. The molecule has 24 heavy (non-hydrogen) atoms. The fourth-order valence-electron chi connectivity index (χ4n) is 2.35. The van der Waals surface area contributed by atoms with Crippen LogP contribution in [-0.2, 0) is 9.59 Å². The Morgan fingerprint density at radius 1 is 0.958 bits per heavy atom. The van der Waals surface area contributed by atoms with Crippen molar-refractivity contribution in [2.75, 3.05) is 0 Å². The highest BCUT2D eigenvalue weighted by Crippen LogP contribution is 2.23. The van der Waals surface area contributed by atoms with Gasteiger partial charge in [-0.2, -0.15) is 0 Å². The van der Waals surface area contributed by atoms with E-state index < -0.39 is 0 Å². The summed E-state index contributed by atoms with van der Waals surface area (Å²) < 4.78 is 5.35. The summed E-state index contributed by atoms with van der Waals surface area (Å²) in [4.78, 5) is 35.7. The first-order valence-electron chi connectivity index (χ1n) is 7.99. The average Bonchev–Trinajstić information content (AvgIpc) is 2.62. The van der Waals surface area contributed by atoms with Crippen LogP contribution in [0.2, 0.25) is 0 Å². The van der Waals surface area contributed by atoms with Crippen molar-refractivity contribution in [1.29, 1.82) is 0 Å². The Morgan fingerprint density at radius 3 is 2.33 bits per heavy atom. The average molecular weight is 323 g/mol. The van der Waals surface area contributed by atoms with E-state index in [2.05, 4.69) is 6.92 Å². The first kappa shape index (κ1) is 17.6. The van der Waals surface area contributed by atoms with Crippen LogP contribution in [0.1, 0.15) is 54.1 Å². The number of carbonyl (C=O) groups is 2. The first-order valence-corrected chi connectivity index (χ1v) is 7.99. The highest BCUT2D eigenvalue weighted by molar-refractivity contribution is 6.14. The number of ketones is 1. The van der Waals surface area contributed by atoms with Crippen molar-refractivity contribution in [3.63, 3.8) is 0 Å². The van der Waals surface area contributed by atoms with Gasteiger partial charge in [-0.3, -0.25) is 14.4 Å². The lowest BCUT2D eigenvalue weighted by molar-refractivity contribution is -0.134. The van der Waals surface area contributed by atoms with E-state index in [9.17, 15) is 14.4 Å². The molecule has 0 aliphatic carbocycles. The van der Waals surface area contributed by atoms with Gasteiger partial charge < -0.3 is 4.74 Å². The molecular formula is C20H19O4. The van der Waals surface area contributed by atoms with Crippen LogP contribution < -0.4 is 4.74 Å².